The van der Waals surface area contributed by atoms with Gasteiger partial charge in [-0.05, 0) is 129 Å². The molecular weight excluding hydrogens is 520 g/mol. The summed E-state index contributed by atoms with van der Waals surface area (Å²) in [6.07, 6.45) is 6.40. The minimum atomic E-state index is -0.999. The van der Waals surface area contributed by atoms with Crippen molar-refractivity contribution < 1.29 is 23.3 Å². The summed E-state index contributed by atoms with van der Waals surface area (Å²) < 4.78 is 26.4. The maximum atomic E-state index is 14.1. The Bertz CT molecular complexity index is 1100. The number of halogens is 1. The number of hydrogen-bond acceptors (Lipinski definition) is 5. The van der Waals surface area contributed by atoms with Gasteiger partial charge in [0.2, 0.25) is 11.8 Å². The maximum absolute atomic E-state index is 14.1. The van der Waals surface area contributed by atoms with Crippen LogP contribution in [-0.2, 0) is 25.3 Å². The minimum absolute atomic E-state index is 0.00442. The molecule has 0 spiro atoms. The minimum Gasteiger partial charge on any atom is -0.403 e. The first kappa shape index (κ1) is 32.0. The molecule has 228 valence electrons. The molecule has 0 saturated carbocycles. The standard InChI is InChI=1S/C32H51BFN3O4/c1-22(38)35-32(28(39)36-29(2,3)4,17-9-10-18-33-40-30(5,6)31(7,8)41-33)24-15-19-37(20-16-24)27-14-12-23-11-13-25(34)21-26(23)27/h11,13,21,24,27H,9-10,12,14-20H2,1-8H3,(H,35,38)(H,36,39). The topological polar surface area (TPSA) is 79.9 Å². The van der Waals surface area contributed by atoms with E-state index in [0.717, 1.165) is 63.5 Å². The van der Waals surface area contributed by atoms with E-state index >= 15 is 0 Å². The van der Waals surface area contributed by atoms with E-state index < -0.39 is 11.1 Å². The summed E-state index contributed by atoms with van der Waals surface area (Å²) in [5.41, 5.74) is 0.165. The lowest BCUT2D eigenvalue weighted by Gasteiger charge is -2.46. The number of amides is 2. The van der Waals surface area contributed by atoms with Gasteiger partial charge in [0.15, 0.2) is 0 Å². The molecule has 2 fully saturated rings. The first-order chi connectivity index (χ1) is 19.0. The number of likely N-dealkylation sites (tertiary alicyclic amines) is 1. The predicted molar refractivity (Wildman–Crippen MR) is 161 cm³/mol. The van der Waals surface area contributed by atoms with Crippen LogP contribution in [0.1, 0.15) is 111 Å². The van der Waals surface area contributed by atoms with Crippen molar-refractivity contribution in [1.29, 1.82) is 0 Å². The second-order valence-corrected chi connectivity index (χ2v) is 14.5. The van der Waals surface area contributed by atoms with Crippen LogP contribution in [0, 0.1) is 11.7 Å². The molecule has 2 unspecified atom stereocenters. The molecule has 4 rings (SSSR count). The van der Waals surface area contributed by atoms with E-state index in [-0.39, 0.29) is 47.9 Å². The highest BCUT2D eigenvalue weighted by atomic mass is 19.1. The number of carbonyl (C=O) groups excluding carboxylic acids is 2. The Morgan fingerprint density at radius 3 is 2.24 bits per heavy atom. The van der Waals surface area contributed by atoms with Gasteiger partial charge in [0.05, 0.1) is 11.2 Å². The monoisotopic (exact) mass is 571 g/mol. The molecule has 1 aliphatic carbocycles. The largest absolute Gasteiger partial charge is 0.457 e. The van der Waals surface area contributed by atoms with Crippen LogP contribution >= 0.6 is 0 Å². The van der Waals surface area contributed by atoms with Crippen molar-refractivity contribution in [3.8, 4) is 0 Å². The second-order valence-electron chi connectivity index (χ2n) is 14.5. The van der Waals surface area contributed by atoms with Crippen molar-refractivity contribution in [2.75, 3.05) is 13.1 Å². The summed E-state index contributed by atoms with van der Waals surface area (Å²) in [6.45, 7) is 17.3. The van der Waals surface area contributed by atoms with Crippen LogP contribution < -0.4 is 10.6 Å². The van der Waals surface area contributed by atoms with Crippen molar-refractivity contribution >= 4 is 18.9 Å². The molecule has 1 aromatic rings. The normalized spacial score (nSPS) is 24.1. The number of aryl methyl sites for hydroxylation is 1. The fraction of sp³-hybridized carbons (Fsp3) is 0.750. The molecule has 0 bridgehead atoms. The maximum Gasteiger partial charge on any atom is 0.457 e. The molecule has 41 heavy (non-hydrogen) atoms. The van der Waals surface area contributed by atoms with Crippen molar-refractivity contribution in [3.63, 3.8) is 0 Å². The average Bonchev–Trinajstić information content (AvgIpc) is 3.35. The molecule has 7 nitrogen and oxygen atoms in total. The molecule has 2 saturated heterocycles. The molecule has 9 heteroatoms. The lowest BCUT2D eigenvalue weighted by molar-refractivity contribution is -0.138. The number of benzene rings is 1. The molecule has 2 N–H and O–H groups in total. The summed E-state index contributed by atoms with van der Waals surface area (Å²) in [5, 5.41) is 6.36. The number of piperidine rings is 1. The van der Waals surface area contributed by atoms with Gasteiger partial charge in [0, 0.05) is 18.5 Å². The summed E-state index contributed by atoms with van der Waals surface area (Å²) in [4.78, 5) is 29.1. The van der Waals surface area contributed by atoms with Gasteiger partial charge < -0.3 is 19.9 Å². The van der Waals surface area contributed by atoms with Crippen LogP contribution in [0.15, 0.2) is 18.2 Å². The molecule has 0 radical (unpaired) electrons. The van der Waals surface area contributed by atoms with Crippen LogP contribution in [0.25, 0.3) is 0 Å². The SMILES string of the molecule is CC(=O)NC(CCCCB1OC(C)(C)C(C)(C)O1)(C(=O)NC(C)(C)C)C1CCN(C2CCc3ccc(F)cc32)CC1. The molecule has 2 heterocycles. The van der Waals surface area contributed by atoms with Gasteiger partial charge in [-0.2, -0.15) is 0 Å². The Kier molecular flexibility index (Phi) is 9.33. The number of nitrogens with zero attached hydrogens (tertiary/aromatic N) is 1. The number of hydrogen-bond donors (Lipinski definition) is 2. The first-order valence-corrected chi connectivity index (χ1v) is 15.5. The van der Waals surface area contributed by atoms with Crippen LogP contribution in [0.4, 0.5) is 4.39 Å². The zero-order valence-corrected chi connectivity index (χ0v) is 26.5. The zero-order chi connectivity index (χ0) is 30.2. The molecule has 2 aliphatic heterocycles. The van der Waals surface area contributed by atoms with Gasteiger partial charge in [0.25, 0.3) is 0 Å². The fourth-order valence-electron chi connectivity index (χ4n) is 6.92. The number of rotatable bonds is 9. The summed E-state index contributed by atoms with van der Waals surface area (Å²) in [6, 6.07) is 5.37. The Morgan fingerprint density at radius 1 is 1.02 bits per heavy atom. The Labute approximate surface area is 246 Å². The first-order valence-electron chi connectivity index (χ1n) is 15.5. The third-order valence-electron chi connectivity index (χ3n) is 9.68. The highest BCUT2D eigenvalue weighted by Crippen LogP contribution is 2.42. The van der Waals surface area contributed by atoms with E-state index in [1.54, 1.807) is 12.1 Å². The molecule has 3 aliphatic rings. The van der Waals surface area contributed by atoms with Gasteiger partial charge in [-0.1, -0.05) is 18.9 Å². The lowest BCUT2D eigenvalue weighted by Crippen LogP contribution is -2.66. The van der Waals surface area contributed by atoms with Crippen molar-refractivity contribution in [3.05, 3.63) is 35.1 Å². The third-order valence-corrected chi connectivity index (χ3v) is 9.68. The number of fused-ring (bicyclic) bond motifs is 1. The van der Waals surface area contributed by atoms with E-state index in [1.807, 2.05) is 26.8 Å². The lowest BCUT2D eigenvalue weighted by atomic mass is 9.72. The Balaban J connectivity index is 1.47. The molecule has 2 amide bonds. The third kappa shape index (κ3) is 7.16. The van der Waals surface area contributed by atoms with Crippen LogP contribution in [0.3, 0.4) is 0 Å². The van der Waals surface area contributed by atoms with E-state index in [0.29, 0.717) is 6.42 Å². The van der Waals surface area contributed by atoms with Gasteiger partial charge >= 0.3 is 7.12 Å². The molecule has 2 atom stereocenters. The Morgan fingerprint density at radius 2 is 1.66 bits per heavy atom. The molecular formula is C32H51BFN3O4. The van der Waals surface area contributed by atoms with E-state index in [2.05, 4.69) is 43.2 Å². The number of nitrogens with one attached hydrogen (secondary N) is 2. The fourth-order valence-corrected chi connectivity index (χ4v) is 6.92. The van der Waals surface area contributed by atoms with Crippen LogP contribution in [-0.4, -0.2) is 59.2 Å². The highest BCUT2D eigenvalue weighted by Gasteiger charge is 2.51. The second kappa shape index (κ2) is 12.0. The summed E-state index contributed by atoms with van der Waals surface area (Å²) in [5.74, 6) is -0.491. The zero-order valence-electron chi connectivity index (χ0n) is 26.5. The molecule has 1 aromatic carbocycles. The highest BCUT2D eigenvalue weighted by molar-refractivity contribution is 6.45. The van der Waals surface area contributed by atoms with Gasteiger partial charge in [-0.3, -0.25) is 14.5 Å². The van der Waals surface area contributed by atoms with Crippen LogP contribution in [0.5, 0.6) is 0 Å². The average molecular weight is 572 g/mol. The summed E-state index contributed by atoms with van der Waals surface area (Å²) in [7, 11) is -0.277. The van der Waals surface area contributed by atoms with Gasteiger partial charge in [-0.25, -0.2) is 4.39 Å². The number of unbranched alkanes of at least 4 members (excludes halogenated alkanes) is 1. The summed E-state index contributed by atoms with van der Waals surface area (Å²) >= 11 is 0. The molecule has 0 aromatic heterocycles. The van der Waals surface area contributed by atoms with E-state index in [4.69, 9.17) is 9.31 Å². The van der Waals surface area contributed by atoms with Crippen molar-refractivity contribution in [2.45, 2.75) is 135 Å². The smallest absolute Gasteiger partial charge is 0.403 e. The van der Waals surface area contributed by atoms with E-state index in [9.17, 15) is 14.0 Å². The van der Waals surface area contributed by atoms with Gasteiger partial charge in [-0.15, -0.1) is 0 Å². The van der Waals surface area contributed by atoms with Gasteiger partial charge in [0.1, 0.15) is 11.4 Å². The Hall–Kier alpha value is -1.97. The number of carbonyl (C=O) groups is 2. The van der Waals surface area contributed by atoms with Crippen molar-refractivity contribution in [1.82, 2.24) is 15.5 Å². The quantitative estimate of drug-likeness (QED) is 0.299. The van der Waals surface area contributed by atoms with Crippen LogP contribution in [0.2, 0.25) is 6.32 Å². The van der Waals surface area contributed by atoms with E-state index in [1.165, 1.54) is 12.5 Å². The predicted octanol–water partition coefficient (Wildman–Crippen LogP) is 5.58. The van der Waals surface area contributed by atoms with Crippen molar-refractivity contribution in [2.24, 2.45) is 5.92 Å².